The van der Waals surface area contributed by atoms with Gasteiger partial charge in [0.15, 0.2) is 0 Å². The van der Waals surface area contributed by atoms with Gasteiger partial charge in [0.05, 0.1) is 11.4 Å². The number of sulfonamides is 1. The van der Waals surface area contributed by atoms with Crippen molar-refractivity contribution in [3.05, 3.63) is 60.7 Å². The van der Waals surface area contributed by atoms with Gasteiger partial charge in [-0.05, 0) is 24.3 Å². The van der Waals surface area contributed by atoms with Crippen molar-refractivity contribution >= 4 is 33.0 Å². The molecule has 0 aromatic heterocycles. The number of halogens is 1. The SMILES string of the molecule is O=S(=O)(CCl)N(c1ccccc1)c1ccccc1. The summed E-state index contributed by atoms with van der Waals surface area (Å²) in [5, 5.41) is -0.462. The number of benzene rings is 2. The molecular weight excluding hydrogens is 270 g/mol. The minimum atomic E-state index is -3.57. The van der Waals surface area contributed by atoms with Crippen LogP contribution >= 0.6 is 11.6 Å². The van der Waals surface area contributed by atoms with Crippen LogP contribution in [0.1, 0.15) is 0 Å². The minimum Gasteiger partial charge on any atom is -0.237 e. The predicted molar refractivity (Wildman–Crippen MR) is 74.7 cm³/mol. The van der Waals surface area contributed by atoms with Crippen molar-refractivity contribution in [2.45, 2.75) is 0 Å². The van der Waals surface area contributed by atoms with Gasteiger partial charge in [0.1, 0.15) is 5.21 Å². The van der Waals surface area contributed by atoms with Gasteiger partial charge in [-0.3, -0.25) is 0 Å². The number of alkyl halides is 1. The Hall–Kier alpha value is -1.52. The topological polar surface area (TPSA) is 37.4 Å². The van der Waals surface area contributed by atoms with E-state index in [-0.39, 0.29) is 0 Å². The molecule has 0 spiro atoms. The van der Waals surface area contributed by atoms with Gasteiger partial charge in [-0.2, -0.15) is 0 Å². The number of nitrogens with zero attached hydrogens (tertiary/aromatic N) is 1. The molecule has 0 aliphatic rings. The lowest BCUT2D eigenvalue weighted by molar-refractivity contribution is 0.600. The van der Waals surface area contributed by atoms with Crippen LogP contribution in [0.25, 0.3) is 0 Å². The first-order valence-corrected chi connectivity index (χ1v) is 7.48. The molecule has 0 aliphatic carbocycles. The molecule has 94 valence electrons. The van der Waals surface area contributed by atoms with E-state index >= 15 is 0 Å². The van der Waals surface area contributed by atoms with Gasteiger partial charge in [0.2, 0.25) is 0 Å². The van der Waals surface area contributed by atoms with Gasteiger partial charge in [-0.1, -0.05) is 36.4 Å². The second-order valence-electron chi connectivity index (χ2n) is 3.66. The summed E-state index contributed by atoms with van der Waals surface area (Å²) in [6.45, 7) is 0. The molecule has 0 unspecified atom stereocenters. The first kappa shape index (κ1) is 12.9. The normalized spacial score (nSPS) is 11.2. The average Bonchev–Trinajstić information content (AvgIpc) is 2.41. The van der Waals surface area contributed by atoms with E-state index in [4.69, 9.17) is 11.6 Å². The minimum absolute atomic E-state index is 0.462. The molecule has 0 N–H and O–H groups in total. The third-order valence-corrected chi connectivity index (χ3v) is 4.48. The summed E-state index contributed by atoms with van der Waals surface area (Å²) >= 11 is 5.56. The molecule has 0 fully saturated rings. The number of rotatable bonds is 4. The van der Waals surface area contributed by atoms with Crippen molar-refractivity contribution in [3.8, 4) is 0 Å². The number of hydrogen-bond donors (Lipinski definition) is 0. The Morgan fingerprint density at radius 2 is 1.22 bits per heavy atom. The Morgan fingerprint density at radius 3 is 1.56 bits per heavy atom. The highest BCUT2D eigenvalue weighted by Crippen LogP contribution is 2.28. The maximum atomic E-state index is 12.1. The third-order valence-electron chi connectivity index (χ3n) is 2.40. The summed E-state index contributed by atoms with van der Waals surface area (Å²) in [7, 11) is -3.57. The molecule has 3 nitrogen and oxygen atoms in total. The van der Waals surface area contributed by atoms with Crippen molar-refractivity contribution in [1.29, 1.82) is 0 Å². The van der Waals surface area contributed by atoms with Crippen molar-refractivity contribution in [2.75, 3.05) is 9.52 Å². The Bertz CT molecular complexity index is 560. The summed E-state index contributed by atoms with van der Waals surface area (Å²) in [4.78, 5) is 0. The zero-order valence-electron chi connectivity index (χ0n) is 9.53. The van der Waals surface area contributed by atoms with Crippen molar-refractivity contribution in [1.82, 2.24) is 0 Å². The molecule has 0 amide bonds. The van der Waals surface area contributed by atoms with Crippen molar-refractivity contribution in [2.24, 2.45) is 0 Å². The van der Waals surface area contributed by atoms with E-state index in [1.807, 2.05) is 12.1 Å². The van der Waals surface area contributed by atoms with Crippen LogP contribution in [0.5, 0.6) is 0 Å². The monoisotopic (exact) mass is 281 g/mol. The van der Waals surface area contributed by atoms with E-state index < -0.39 is 15.2 Å². The lowest BCUT2D eigenvalue weighted by Gasteiger charge is -2.23. The first-order chi connectivity index (χ1) is 8.65. The van der Waals surface area contributed by atoms with Gasteiger partial charge >= 0.3 is 0 Å². The largest absolute Gasteiger partial charge is 0.253 e. The van der Waals surface area contributed by atoms with Gasteiger partial charge in [-0.25, -0.2) is 12.7 Å². The lowest BCUT2D eigenvalue weighted by atomic mass is 10.3. The molecule has 18 heavy (non-hydrogen) atoms. The highest BCUT2D eigenvalue weighted by atomic mass is 35.5. The molecule has 0 aliphatic heterocycles. The Kier molecular flexibility index (Phi) is 3.89. The Morgan fingerprint density at radius 1 is 0.833 bits per heavy atom. The lowest BCUT2D eigenvalue weighted by Crippen LogP contribution is -2.26. The molecular formula is C13H12ClNO2S. The van der Waals surface area contributed by atoms with E-state index in [1.165, 1.54) is 4.31 Å². The highest BCUT2D eigenvalue weighted by Gasteiger charge is 2.22. The summed E-state index contributed by atoms with van der Waals surface area (Å²) in [6.07, 6.45) is 0. The molecule has 0 heterocycles. The Balaban J connectivity index is 2.56. The molecule has 2 rings (SSSR count). The Labute approximate surface area is 112 Å². The van der Waals surface area contributed by atoms with E-state index in [0.717, 1.165) is 0 Å². The van der Waals surface area contributed by atoms with Crippen LogP contribution in [-0.4, -0.2) is 13.6 Å². The van der Waals surface area contributed by atoms with Crippen LogP contribution in [0.3, 0.4) is 0 Å². The van der Waals surface area contributed by atoms with Gasteiger partial charge in [-0.15, -0.1) is 11.6 Å². The van der Waals surface area contributed by atoms with Crippen molar-refractivity contribution in [3.63, 3.8) is 0 Å². The van der Waals surface area contributed by atoms with Crippen LogP contribution < -0.4 is 4.31 Å². The fourth-order valence-corrected chi connectivity index (χ4v) is 2.92. The fourth-order valence-electron chi connectivity index (χ4n) is 1.65. The maximum absolute atomic E-state index is 12.1. The van der Waals surface area contributed by atoms with Crippen LogP contribution in [0.4, 0.5) is 11.4 Å². The fraction of sp³-hybridized carbons (Fsp3) is 0.0769. The second-order valence-corrected chi connectivity index (χ2v) is 6.06. The maximum Gasteiger partial charge on any atom is 0.253 e. The molecule has 2 aromatic carbocycles. The smallest absolute Gasteiger partial charge is 0.237 e. The molecule has 0 saturated heterocycles. The average molecular weight is 282 g/mol. The van der Waals surface area contributed by atoms with Crippen LogP contribution in [0.15, 0.2) is 60.7 Å². The van der Waals surface area contributed by atoms with Crippen LogP contribution in [0.2, 0.25) is 0 Å². The second kappa shape index (κ2) is 5.42. The van der Waals surface area contributed by atoms with Gasteiger partial charge < -0.3 is 0 Å². The standard InChI is InChI=1S/C13H12ClNO2S/c14-11-18(16,17)15(12-7-3-1-4-8-12)13-9-5-2-6-10-13/h1-10H,11H2. The van der Waals surface area contributed by atoms with Crippen LogP contribution in [-0.2, 0) is 10.0 Å². The zero-order chi connectivity index (χ0) is 13.0. The molecule has 5 heteroatoms. The summed E-state index contributed by atoms with van der Waals surface area (Å²) in [6, 6.07) is 17.7. The molecule has 0 saturated carbocycles. The van der Waals surface area contributed by atoms with E-state index in [1.54, 1.807) is 48.5 Å². The number of anilines is 2. The molecule has 0 radical (unpaired) electrons. The van der Waals surface area contributed by atoms with E-state index in [9.17, 15) is 8.42 Å². The summed E-state index contributed by atoms with van der Waals surface area (Å²) in [5.41, 5.74) is 1.15. The van der Waals surface area contributed by atoms with Crippen LogP contribution in [0, 0.1) is 0 Å². The van der Waals surface area contributed by atoms with Gasteiger partial charge in [0.25, 0.3) is 10.0 Å². The zero-order valence-corrected chi connectivity index (χ0v) is 11.1. The summed E-state index contributed by atoms with van der Waals surface area (Å²) < 4.78 is 25.4. The van der Waals surface area contributed by atoms with Crippen molar-refractivity contribution < 1.29 is 8.42 Å². The summed E-state index contributed by atoms with van der Waals surface area (Å²) in [5.74, 6) is 0. The van der Waals surface area contributed by atoms with E-state index in [2.05, 4.69) is 0 Å². The molecule has 0 bridgehead atoms. The first-order valence-electron chi connectivity index (χ1n) is 5.34. The number of para-hydroxylation sites is 2. The highest BCUT2D eigenvalue weighted by molar-refractivity contribution is 7.94. The quantitative estimate of drug-likeness (QED) is 0.806. The molecule has 0 atom stereocenters. The van der Waals surface area contributed by atoms with Gasteiger partial charge in [0, 0.05) is 0 Å². The van der Waals surface area contributed by atoms with E-state index in [0.29, 0.717) is 11.4 Å². The number of hydrogen-bond acceptors (Lipinski definition) is 2. The molecule has 2 aromatic rings. The third kappa shape index (κ3) is 2.66. The predicted octanol–water partition coefficient (Wildman–Crippen LogP) is 3.35.